The van der Waals surface area contributed by atoms with Crippen molar-refractivity contribution in [2.45, 2.75) is 58.4 Å². The molecular weight excluding hydrogens is 539 g/mol. The van der Waals surface area contributed by atoms with E-state index in [-0.39, 0.29) is 22.8 Å². The van der Waals surface area contributed by atoms with E-state index in [0.717, 1.165) is 34.7 Å². The molecule has 0 amide bonds. The minimum absolute atomic E-state index is 0.0588. The number of fused-ring (bicyclic) bond motifs is 2. The van der Waals surface area contributed by atoms with Gasteiger partial charge in [-0.3, -0.25) is 4.79 Å². The van der Waals surface area contributed by atoms with Gasteiger partial charge >= 0.3 is 0 Å². The number of carbonyl (C=O) groups excluding carboxylic acids is 1. The number of hydrogen-bond acceptors (Lipinski definition) is 4. The summed E-state index contributed by atoms with van der Waals surface area (Å²) in [5.41, 5.74) is 5.62. The number of hydrogen-bond donors (Lipinski definition) is 0. The highest BCUT2D eigenvalue weighted by molar-refractivity contribution is 6.31. The third-order valence-corrected chi connectivity index (χ3v) is 9.13. The summed E-state index contributed by atoms with van der Waals surface area (Å²) >= 11 is 12.7. The quantitative estimate of drug-likeness (QED) is 0.210. The third kappa shape index (κ3) is 3.98. The van der Waals surface area contributed by atoms with Crippen molar-refractivity contribution in [2.75, 3.05) is 22.9 Å². The van der Waals surface area contributed by atoms with E-state index in [1.807, 2.05) is 60.5 Å². The van der Waals surface area contributed by atoms with Crippen LogP contribution in [0.3, 0.4) is 0 Å². The summed E-state index contributed by atoms with van der Waals surface area (Å²) in [6.07, 6.45) is 3.81. The molecule has 5 rings (SSSR count). The van der Waals surface area contributed by atoms with Crippen molar-refractivity contribution >= 4 is 46.2 Å². The van der Waals surface area contributed by atoms with Crippen LogP contribution in [-0.4, -0.2) is 30.8 Å². The maximum Gasteiger partial charge on any atom is 0.194 e. The molecule has 0 spiro atoms. The van der Waals surface area contributed by atoms with Crippen molar-refractivity contribution in [1.82, 2.24) is 0 Å². The van der Waals surface area contributed by atoms with Crippen molar-refractivity contribution < 1.29 is 4.79 Å². The number of benzene rings is 2. The maximum atomic E-state index is 13.9. The number of halogens is 2. The van der Waals surface area contributed by atoms with Crippen LogP contribution in [0.4, 0.5) is 11.4 Å². The number of nitriles is 1. The van der Waals surface area contributed by atoms with Crippen molar-refractivity contribution in [3.8, 4) is 6.07 Å². The predicted molar refractivity (Wildman–Crippen MR) is 164 cm³/mol. The van der Waals surface area contributed by atoms with Gasteiger partial charge in [0.25, 0.3) is 0 Å². The normalized spacial score (nSPS) is 22.3. The summed E-state index contributed by atoms with van der Waals surface area (Å²) in [7, 11) is 0. The minimum Gasteiger partial charge on any atom is -0.762 e. The second-order valence-corrected chi connectivity index (χ2v) is 12.3. The van der Waals surface area contributed by atoms with Crippen molar-refractivity contribution in [2.24, 2.45) is 0 Å². The fourth-order valence-corrected chi connectivity index (χ4v) is 6.88. The maximum absolute atomic E-state index is 13.9. The Balaban J connectivity index is 1.67. The van der Waals surface area contributed by atoms with Gasteiger partial charge in [0, 0.05) is 67.8 Å². The standard InChI is InChI=1S/C33H31Cl2N4O/c1-7-38-26-11-9-20(34)13-24(26)32(3,4)28(38)15-22-30(19(17-36)18-37)23(31(22)40)16-29-33(5,6)25-14-21(35)10-12-27(25)39(29)8-2/h9-16,28H,7-8H2,1-6H3/q-1/b22-15-,29-16-. The molecule has 1 atom stereocenters. The fourth-order valence-electron chi connectivity index (χ4n) is 6.54. The van der Waals surface area contributed by atoms with Crippen LogP contribution < -0.4 is 9.80 Å². The smallest absolute Gasteiger partial charge is 0.194 e. The zero-order valence-corrected chi connectivity index (χ0v) is 25.1. The highest BCUT2D eigenvalue weighted by atomic mass is 35.5. The molecule has 0 radical (unpaired) electrons. The van der Waals surface area contributed by atoms with Gasteiger partial charge in [0.1, 0.15) is 6.07 Å². The monoisotopic (exact) mass is 569 g/mol. The van der Waals surface area contributed by atoms with Gasteiger partial charge in [0.05, 0.1) is 11.6 Å². The van der Waals surface area contributed by atoms with Crippen molar-refractivity contribution in [1.29, 1.82) is 5.26 Å². The molecule has 0 aromatic heterocycles. The van der Waals surface area contributed by atoms with E-state index in [2.05, 4.69) is 51.3 Å². The molecule has 0 bridgehead atoms. The summed E-state index contributed by atoms with van der Waals surface area (Å²) in [5, 5.41) is 21.1. The van der Waals surface area contributed by atoms with Gasteiger partial charge < -0.3 is 15.2 Å². The second-order valence-electron chi connectivity index (χ2n) is 11.5. The van der Waals surface area contributed by atoms with E-state index in [4.69, 9.17) is 23.2 Å². The Hall–Kier alpha value is -3.55. The molecule has 0 saturated carbocycles. The number of allylic oxidation sites excluding steroid dienone is 6. The summed E-state index contributed by atoms with van der Waals surface area (Å²) in [4.78, 5) is 18.3. The van der Waals surface area contributed by atoms with Gasteiger partial charge in [-0.05, 0) is 73.5 Å². The number of carbonyl (C=O) groups is 1. The zero-order chi connectivity index (χ0) is 29.1. The Bertz CT molecular complexity index is 1650. The van der Waals surface area contributed by atoms with Gasteiger partial charge in [0.15, 0.2) is 5.78 Å². The van der Waals surface area contributed by atoms with Crippen LogP contribution in [0.15, 0.2) is 76.5 Å². The van der Waals surface area contributed by atoms with E-state index in [9.17, 15) is 15.5 Å². The van der Waals surface area contributed by atoms with Crippen LogP contribution in [0.1, 0.15) is 52.7 Å². The zero-order valence-electron chi connectivity index (χ0n) is 23.6. The van der Waals surface area contributed by atoms with Crippen LogP contribution in [0.2, 0.25) is 10.0 Å². The number of ketones is 1. The summed E-state index contributed by atoms with van der Waals surface area (Å²) < 4.78 is 0. The molecule has 2 aromatic carbocycles. The lowest BCUT2D eigenvalue weighted by atomic mass is 9.72. The minimum atomic E-state index is -0.430. The summed E-state index contributed by atoms with van der Waals surface area (Å²) in [6.45, 7) is 14.0. The molecule has 0 saturated heterocycles. The van der Waals surface area contributed by atoms with Crippen LogP contribution in [0.25, 0.3) is 5.41 Å². The SMILES string of the molecule is CCN1/C(=C\C2=C(C(=C=[N-])C#N)C(=C/C3N(CC)c4ccc(Cl)cc4C3(C)C)/C2=O)C(C)(C)c2cc(Cl)ccc21. The first-order valence-electron chi connectivity index (χ1n) is 13.5. The van der Waals surface area contributed by atoms with E-state index >= 15 is 0 Å². The molecule has 5 nitrogen and oxygen atoms in total. The van der Waals surface area contributed by atoms with Crippen LogP contribution in [0.5, 0.6) is 0 Å². The average molecular weight is 571 g/mol. The molecule has 2 heterocycles. The fraction of sp³-hybridized carbons (Fsp3) is 0.333. The lowest BCUT2D eigenvalue weighted by Gasteiger charge is -2.35. The van der Waals surface area contributed by atoms with Crippen molar-refractivity contribution in [3.63, 3.8) is 0 Å². The van der Waals surface area contributed by atoms with E-state index in [1.54, 1.807) is 0 Å². The molecule has 204 valence electrons. The van der Waals surface area contributed by atoms with Crippen LogP contribution in [-0.2, 0) is 15.6 Å². The third-order valence-electron chi connectivity index (χ3n) is 8.66. The first-order chi connectivity index (χ1) is 18.9. The molecule has 40 heavy (non-hydrogen) atoms. The number of anilines is 2. The average Bonchev–Trinajstić information content (AvgIpc) is 3.26. The summed E-state index contributed by atoms with van der Waals surface area (Å²) in [5.74, 6) is 1.88. The molecule has 1 unspecified atom stereocenters. The number of likely N-dealkylation sites (N-methyl/N-ethyl adjacent to an activating group) is 2. The van der Waals surface area contributed by atoms with Gasteiger partial charge in [-0.25, -0.2) is 5.87 Å². The topological polar surface area (TPSA) is 69.6 Å². The van der Waals surface area contributed by atoms with Crippen LogP contribution >= 0.6 is 23.2 Å². The van der Waals surface area contributed by atoms with Gasteiger partial charge in [0.2, 0.25) is 0 Å². The Labute approximate surface area is 246 Å². The number of Topliss-reactive ketones (excluding diaryl/α,β-unsaturated/α-hetero) is 1. The Morgan fingerprint density at radius 1 is 1.02 bits per heavy atom. The first kappa shape index (κ1) is 28.0. The molecule has 1 aliphatic carbocycles. The lowest BCUT2D eigenvalue weighted by molar-refractivity contribution is -0.112. The summed E-state index contributed by atoms with van der Waals surface area (Å²) in [6, 6.07) is 13.6. The molecule has 0 N–H and O–H groups in total. The number of nitrogens with zero attached hydrogens (tertiary/aromatic N) is 4. The highest BCUT2D eigenvalue weighted by Crippen LogP contribution is 2.51. The van der Waals surface area contributed by atoms with Gasteiger partial charge in [-0.2, -0.15) is 5.26 Å². The Morgan fingerprint density at radius 3 is 2.23 bits per heavy atom. The molecule has 2 aliphatic heterocycles. The predicted octanol–water partition coefficient (Wildman–Crippen LogP) is 7.68. The van der Waals surface area contributed by atoms with Crippen molar-refractivity contribution in [3.05, 3.63) is 103 Å². The molecule has 7 heteroatoms. The van der Waals surface area contributed by atoms with E-state index in [1.165, 1.54) is 0 Å². The van der Waals surface area contributed by atoms with Crippen LogP contribution in [0, 0.1) is 11.3 Å². The lowest BCUT2D eigenvalue weighted by Crippen LogP contribution is -2.41. The molecule has 3 aliphatic rings. The Kier molecular flexibility index (Phi) is 6.87. The van der Waals surface area contributed by atoms with E-state index < -0.39 is 5.41 Å². The molecule has 0 fully saturated rings. The largest absolute Gasteiger partial charge is 0.762 e. The number of rotatable bonds is 5. The van der Waals surface area contributed by atoms with Gasteiger partial charge in [-0.1, -0.05) is 50.9 Å². The first-order valence-corrected chi connectivity index (χ1v) is 14.2. The van der Waals surface area contributed by atoms with E-state index in [0.29, 0.717) is 33.3 Å². The molecular formula is C33H31Cl2N4O-. The van der Waals surface area contributed by atoms with Gasteiger partial charge in [-0.15, -0.1) is 0 Å². The second kappa shape index (κ2) is 9.82. The highest BCUT2D eigenvalue weighted by Gasteiger charge is 2.46. The molecule has 2 aromatic rings. The Morgan fingerprint density at radius 2 is 1.65 bits per heavy atom.